The van der Waals surface area contributed by atoms with Crippen LogP contribution in [0.4, 0.5) is 5.69 Å². The Morgan fingerprint density at radius 3 is 2.84 bits per heavy atom. The summed E-state index contributed by atoms with van der Waals surface area (Å²) in [5.74, 6) is 0.441. The Hall–Kier alpha value is -2.95. The number of hydrogen-bond acceptors (Lipinski definition) is 7. The molecule has 31 heavy (non-hydrogen) atoms. The molecule has 1 saturated heterocycles. The van der Waals surface area contributed by atoms with Crippen LogP contribution in [-0.4, -0.2) is 42.5 Å². The van der Waals surface area contributed by atoms with Gasteiger partial charge in [-0.05, 0) is 48.1 Å². The van der Waals surface area contributed by atoms with Gasteiger partial charge in [-0.2, -0.15) is 5.10 Å². The topological polar surface area (TPSA) is 135 Å². The lowest BCUT2D eigenvalue weighted by Gasteiger charge is -2.19. The average molecular weight is 442 g/mol. The first-order valence-electron chi connectivity index (χ1n) is 10.1. The summed E-state index contributed by atoms with van der Waals surface area (Å²) < 4.78 is 36.2. The van der Waals surface area contributed by atoms with Crippen molar-refractivity contribution in [2.24, 2.45) is 5.14 Å². The average Bonchev–Trinajstić information content (AvgIpc) is 3.48. The SMILES string of the molecule is Nc1c(-c2ccnc(O[C@H]3COCC3n3ccc(S(N)(=O)=O)n3)c2)ccc2c1CCC2. The number of ether oxygens (including phenoxy) is 2. The Morgan fingerprint density at radius 2 is 2.03 bits per heavy atom. The molecule has 0 bridgehead atoms. The maximum absolute atomic E-state index is 11.5. The lowest BCUT2D eigenvalue weighted by atomic mass is 9.98. The largest absolute Gasteiger partial charge is 0.469 e. The molecule has 1 aromatic carbocycles. The van der Waals surface area contributed by atoms with Crippen LogP contribution in [0.2, 0.25) is 0 Å². The standard InChI is InChI=1S/C21H23N5O4S/c22-21-15-3-1-2-13(15)4-5-16(21)14-6-8-24-19(10-14)30-18-12-29-11-17(18)26-9-7-20(25-26)31(23,27)28/h4-10,17-18H,1-3,11-12,22H2,(H2,23,27,28)/t17?,18-/m0/s1. The molecule has 0 spiro atoms. The molecule has 5 rings (SSSR count). The van der Waals surface area contributed by atoms with Gasteiger partial charge in [-0.1, -0.05) is 12.1 Å². The van der Waals surface area contributed by atoms with Crippen LogP contribution < -0.4 is 15.6 Å². The summed E-state index contributed by atoms with van der Waals surface area (Å²) in [4.78, 5) is 4.34. The van der Waals surface area contributed by atoms with Crippen LogP contribution in [0.3, 0.4) is 0 Å². The Morgan fingerprint density at radius 1 is 1.16 bits per heavy atom. The minimum absolute atomic E-state index is 0.189. The Bertz CT molecular complexity index is 1240. The van der Waals surface area contributed by atoms with E-state index in [1.165, 1.54) is 21.9 Å². The van der Waals surface area contributed by atoms with E-state index in [0.717, 1.165) is 36.1 Å². The van der Waals surface area contributed by atoms with Crippen molar-refractivity contribution in [1.29, 1.82) is 0 Å². The molecule has 4 N–H and O–H groups in total. The van der Waals surface area contributed by atoms with Crippen LogP contribution in [0.25, 0.3) is 11.1 Å². The number of aromatic nitrogens is 3. The van der Waals surface area contributed by atoms with E-state index in [9.17, 15) is 8.42 Å². The highest BCUT2D eigenvalue weighted by molar-refractivity contribution is 7.89. The van der Waals surface area contributed by atoms with Gasteiger partial charge >= 0.3 is 0 Å². The number of nitrogens with two attached hydrogens (primary N) is 2. The maximum atomic E-state index is 11.5. The molecule has 2 aliphatic rings. The zero-order valence-electron chi connectivity index (χ0n) is 16.8. The van der Waals surface area contributed by atoms with Crippen molar-refractivity contribution in [2.45, 2.75) is 36.4 Å². The Kier molecular flexibility index (Phi) is 4.92. The number of pyridine rings is 1. The van der Waals surface area contributed by atoms with Crippen molar-refractivity contribution < 1.29 is 17.9 Å². The normalized spacial score (nSPS) is 20.7. The lowest BCUT2D eigenvalue weighted by Crippen LogP contribution is -2.29. The van der Waals surface area contributed by atoms with Gasteiger partial charge in [0.25, 0.3) is 10.0 Å². The van der Waals surface area contributed by atoms with E-state index in [1.54, 1.807) is 12.4 Å². The van der Waals surface area contributed by atoms with Gasteiger partial charge in [-0.15, -0.1) is 0 Å². The summed E-state index contributed by atoms with van der Waals surface area (Å²) in [5, 5.41) is 9.04. The number of primary sulfonamides is 1. The van der Waals surface area contributed by atoms with E-state index in [4.69, 9.17) is 20.3 Å². The summed E-state index contributed by atoms with van der Waals surface area (Å²) in [5.41, 5.74) is 11.8. The predicted molar refractivity (Wildman–Crippen MR) is 114 cm³/mol. The molecular formula is C21H23N5O4S. The number of fused-ring (bicyclic) bond motifs is 1. The van der Waals surface area contributed by atoms with Crippen LogP contribution in [0.1, 0.15) is 23.6 Å². The van der Waals surface area contributed by atoms with Crippen LogP contribution in [0.15, 0.2) is 47.8 Å². The van der Waals surface area contributed by atoms with Crippen molar-refractivity contribution >= 4 is 15.7 Å². The highest BCUT2D eigenvalue weighted by Crippen LogP contribution is 2.36. The fourth-order valence-corrected chi connectivity index (χ4v) is 4.74. The third-order valence-electron chi connectivity index (χ3n) is 5.86. The molecule has 0 saturated carbocycles. The maximum Gasteiger partial charge on any atom is 0.257 e. The molecule has 3 aromatic rings. The first-order valence-corrected chi connectivity index (χ1v) is 11.6. The summed E-state index contributed by atoms with van der Waals surface area (Å²) in [7, 11) is -3.87. The number of nitrogen functional groups attached to an aromatic ring is 1. The third kappa shape index (κ3) is 3.78. The molecule has 3 heterocycles. The van der Waals surface area contributed by atoms with Crippen LogP contribution in [-0.2, 0) is 27.6 Å². The van der Waals surface area contributed by atoms with Crippen molar-refractivity contribution in [2.75, 3.05) is 18.9 Å². The second-order valence-electron chi connectivity index (χ2n) is 7.84. The zero-order chi connectivity index (χ0) is 21.6. The minimum atomic E-state index is -3.87. The molecule has 10 heteroatoms. The third-order valence-corrected chi connectivity index (χ3v) is 6.66. The van der Waals surface area contributed by atoms with E-state index in [-0.39, 0.29) is 17.2 Å². The minimum Gasteiger partial charge on any atom is -0.469 e. The second kappa shape index (κ2) is 7.63. The number of sulfonamides is 1. The van der Waals surface area contributed by atoms with Crippen molar-refractivity contribution in [1.82, 2.24) is 14.8 Å². The number of benzene rings is 1. The van der Waals surface area contributed by atoms with Gasteiger partial charge in [0.05, 0.1) is 13.2 Å². The van der Waals surface area contributed by atoms with Gasteiger partial charge in [0.1, 0.15) is 12.1 Å². The molecule has 2 atom stereocenters. The molecular weight excluding hydrogens is 418 g/mol. The van der Waals surface area contributed by atoms with Gasteiger partial charge in [0.15, 0.2) is 5.03 Å². The van der Waals surface area contributed by atoms with E-state index in [0.29, 0.717) is 19.1 Å². The zero-order valence-corrected chi connectivity index (χ0v) is 17.6. The molecule has 162 valence electrons. The summed E-state index contributed by atoms with van der Waals surface area (Å²) >= 11 is 0. The highest BCUT2D eigenvalue weighted by atomic mass is 32.2. The first kappa shape index (κ1) is 20.0. The van der Waals surface area contributed by atoms with Crippen LogP contribution >= 0.6 is 0 Å². The summed E-state index contributed by atoms with van der Waals surface area (Å²) in [6.07, 6.45) is 6.09. The molecule has 9 nitrogen and oxygen atoms in total. The van der Waals surface area contributed by atoms with Crippen molar-refractivity contribution in [3.63, 3.8) is 0 Å². The number of hydrogen-bond donors (Lipinski definition) is 2. The summed E-state index contributed by atoms with van der Waals surface area (Å²) in [6.45, 7) is 0.677. The fraction of sp³-hybridized carbons (Fsp3) is 0.333. The molecule has 0 radical (unpaired) electrons. The molecule has 1 unspecified atom stereocenters. The first-order chi connectivity index (χ1) is 14.9. The molecule has 2 aromatic heterocycles. The lowest BCUT2D eigenvalue weighted by molar-refractivity contribution is 0.132. The molecule has 1 fully saturated rings. The number of rotatable bonds is 5. The smallest absolute Gasteiger partial charge is 0.257 e. The van der Waals surface area contributed by atoms with Gasteiger partial charge in [0.2, 0.25) is 5.88 Å². The van der Waals surface area contributed by atoms with Crippen LogP contribution in [0, 0.1) is 0 Å². The van der Waals surface area contributed by atoms with Gasteiger partial charge in [-0.3, -0.25) is 4.68 Å². The monoisotopic (exact) mass is 441 g/mol. The number of anilines is 1. The van der Waals surface area contributed by atoms with E-state index in [1.807, 2.05) is 12.1 Å². The van der Waals surface area contributed by atoms with E-state index >= 15 is 0 Å². The highest BCUT2D eigenvalue weighted by Gasteiger charge is 2.33. The fourth-order valence-electron chi connectivity index (χ4n) is 4.28. The molecule has 0 amide bonds. The summed E-state index contributed by atoms with van der Waals surface area (Å²) in [6, 6.07) is 9.04. The van der Waals surface area contributed by atoms with E-state index in [2.05, 4.69) is 22.2 Å². The van der Waals surface area contributed by atoms with Crippen molar-refractivity contribution in [3.8, 4) is 17.0 Å². The predicted octanol–water partition coefficient (Wildman–Crippen LogP) is 1.68. The Balaban J connectivity index is 1.39. The van der Waals surface area contributed by atoms with Gasteiger partial charge in [-0.25, -0.2) is 18.5 Å². The van der Waals surface area contributed by atoms with Crippen molar-refractivity contribution in [3.05, 3.63) is 53.9 Å². The molecule has 1 aliphatic heterocycles. The second-order valence-corrected chi connectivity index (χ2v) is 9.35. The van der Waals surface area contributed by atoms with Gasteiger partial charge < -0.3 is 15.2 Å². The molecule has 1 aliphatic carbocycles. The van der Waals surface area contributed by atoms with Crippen LogP contribution in [0.5, 0.6) is 5.88 Å². The quantitative estimate of drug-likeness (QED) is 0.575. The van der Waals surface area contributed by atoms with E-state index < -0.39 is 10.0 Å². The number of nitrogens with zero attached hydrogens (tertiary/aromatic N) is 3. The Labute approximate surface area is 180 Å². The number of aryl methyl sites for hydroxylation is 1. The van der Waals surface area contributed by atoms with Gasteiger partial charge in [0, 0.05) is 29.7 Å².